The van der Waals surface area contributed by atoms with Gasteiger partial charge in [0.25, 0.3) is 0 Å². The summed E-state index contributed by atoms with van der Waals surface area (Å²) >= 11 is 1.78. The lowest BCUT2D eigenvalue weighted by atomic mass is 9.87. The van der Waals surface area contributed by atoms with Crippen molar-refractivity contribution in [2.75, 3.05) is 5.32 Å². The van der Waals surface area contributed by atoms with Crippen molar-refractivity contribution in [1.82, 2.24) is 4.98 Å². The first-order valence-electron chi connectivity index (χ1n) is 6.68. The molecule has 1 saturated carbocycles. The largest absolute Gasteiger partial charge is 0.358 e. The molecule has 18 heavy (non-hydrogen) atoms. The zero-order chi connectivity index (χ0) is 12.8. The molecule has 0 saturated heterocycles. The molecule has 1 atom stereocenters. The summed E-state index contributed by atoms with van der Waals surface area (Å²) in [5.74, 6) is 0. The van der Waals surface area contributed by atoms with Crippen LogP contribution < -0.4 is 5.32 Å². The molecule has 0 aliphatic heterocycles. The lowest BCUT2D eigenvalue weighted by Gasteiger charge is -2.27. The summed E-state index contributed by atoms with van der Waals surface area (Å²) in [6.07, 6.45) is 3.91. The molecule has 0 spiro atoms. The first-order valence-corrected chi connectivity index (χ1v) is 7.50. The smallest absolute Gasteiger partial charge is 0.184 e. The molecule has 96 valence electrons. The summed E-state index contributed by atoms with van der Waals surface area (Å²) in [4.78, 5) is 4.69. The van der Waals surface area contributed by atoms with Gasteiger partial charge in [-0.1, -0.05) is 37.7 Å². The van der Waals surface area contributed by atoms with Gasteiger partial charge in [-0.05, 0) is 42.9 Å². The summed E-state index contributed by atoms with van der Waals surface area (Å²) in [6.45, 7) is 6.84. The van der Waals surface area contributed by atoms with Crippen LogP contribution in [0.5, 0.6) is 0 Å². The fourth-order valence-electron chi connectivity index (χ4n) is 2.84. The monoisotopic (exact) mass is 260 g/mol. The number of hydrogen-bond acceptors (Lipinski definition) is 3. The number of aryl methyl sites for hydroxylation is 1. The van der Waals surface area contributed by atoms with Gasteiger partial charge in [-0.15, -0.1) is 0 Å². The van der Waals surface area contributed by atoms with E-state index in [2.05, 4.69) is 44.3 Å². The van der Waals surface area contributed by atoms with Gasteiger partial charge < -0.3 is 5.32 Å². The maximum atomic E-state index is 4.69. The Hall–Kier alpha value is -1.09. The Morgan fingerprint density at radius 2 is 2.22 bits per heavy atom. The number of aromatic nitrogens is 1. The third-order valence-electron chi connectivity index (χ3n) is 4.10. The lowest BCUT2D eigenvalue weighted by Crippen LogP contribution is -2.30. The van der Waals surface area contributed by atoms with E-state index in [-0.39, 0.29) is 0 Å². The molecule has 1 aromatic carbocycles. The highest BCUT2D eigenvalue weighted by Gasteiger charge is 2.34. The Labute approximate surface area is 112 Å². The van der Waals surface area contributed by atoms with Crippen LogP contribution in [-0.2, 0) is 0 Å². The van der Waals surface area contributed by atoms with E-state index in [0.29, 0.717) is 11.5 Å². The van der Waals surface area contributed by atoms with Crippen LogP contribution in [-0.4, -0.2) is 11.0 Å². The Balaban J connectivity index is 1.87. The van der Waals surface area contributed by atoms with Gasteiger partial charge in [-0.3, -0.25) is 0 Å². The number of nitrogens with zero attached hydrogens (tertiary/aromatic N) is 1. The van der Waals surface area contributed by atoms with Crippen LogP contribution in [0.4, 0.5) is 5.13 Å². The van der Waals surface area contributed by atoms with Crippen molar-refractivity contribution in [3.05, 3.63) is 23.8 Å². The molecule has 3 heteroatoms. The number of benzene rings is 1. The molecule has 1 aliphatic carbocycles. The van der Waals surface area contributed by atoms with Gasteiger partial charge in [0.1, 0.15) is 0 Å². The summed E-state index contributed by atoms with van der Waals surface area (Å²) in [6, 6.07) is 7.04. The molecule has 1 fully saturated rings. The average molecular weight is 260 g/mol. The Kier molecular flexibility index (Phi) is 2.81. The first kappa shape index (κ1) is 12.0. The van der Waals surface area contributed by atoms with Gasteiger partial charge in [0.15, 0.2) is 5.13 Å². The first-order chi connectivity index (χ1) is 8.54. The minimum Gasteiger partial charge on any atom is -0.358 e. The van der Waals surface area contributed by atoms with E-state index in [0.717, 1.165) is 10.6 Å². The third kappa shape index (κ3) is 2.12. The second-order valence-electron chi connectivity index (χ2n) is 6.07. The van der Waals surface area contributed by atoms with E-state index in [4.69, 9.17) is 4.98 Å². The van der Waals surface area contributed by atoms with Gasteiger partial charge in [0.2, 0.25) is 0 Å². The molecule has 0 radical (unpaired) electrons. The number of nitrogens with one attached hydrogen (secondary N) is 1. The molecule has 2 nitrogen and oxygen atoms in total. The van der Waals surface area contributed by atoms with Crippen LogP contribution in [0.25, 0.3) is 10.2 Å². The Morgan fingerprint density at radius 3 is 2.94 bits per heavy atom. The second-order valence-corrected chi connectivity index (χ2v) is 7.10. The quantitative estimate of drug-likeness (QED) is 0.854. The fourth-order valence-corrected chi connectivity index (χ4v) is 3.85. The molecule has 1 N–H and O–H groups in total. The maximum absolute atomic E-state index is 4.69. The number of thiazole rings is 1. The molecule has 1 heterocycles. The molecule has 1 aliphatic rings. The zero-order valence-corrected chi connectivity index (χ0v) is 12.1. The highest BCUT2D eigenvalue weighted by atomic mass is 32.1. The SMILES string of the molecule is Cc1ccc2nc(NC3CCCC3(C)C)sc2c1. The van der Waals surface area contributed by atoms with Crippen LogP contribution in [0.15, 0.2) is 18.2 Å². The Morgan fingerprint density at radius 1 is 1.39 bits per heavy atom. The van der Waals surface area contributed by atoms with Crippen molar-refractivity contribution < 1.29 is 0 Å². The van der Waals surface area contributed by atoms with Crippen LogP contribution in [0, 0.1) is 12.3 Å². The average Bonchev–Trinajstić information content (AvgIpc) is 2.82. The van der Waals surface area contributed by atoms with Gasteiger partial charge in [0.05, 0.1) is 10.2 Å². The molecule has 1 unspecified atom stereocenters. The fraction of sp³-hybridized carbons (Fsp3) is 0.533. The van der Waals surface area contributed by atoms with Gasteiger partial charge in [0, 0.05) is 6.04 Å². The van der Waals surface area contributed by atoms with Crippen molar-refractivity contribution in [1.29, 1.82) is 0 Å². The summed E-state index contributed by atoms with van der Waals surface area (Å²) < 4.78 is 1.29. The van der Waals surface area contributed by atoms with E-state index in [9.17, 15) is 0 Å². The van der Waals surface area contributed by atoms with Gasteiger partial charge in [-0.2, -0.15) is 0 Å². The van der Waals surface area contributed by atoms with Crippen molar-refractivity contribution >= 4 is 26.7 Å². The van der Waals surface area contributed by atoms with Gasteiger partial charge in [-0.25, -0.2) is 4.98 Å². The van der Waals surface area contributed by atoms with E-state index < -0.39 is 0 Å². The van der Waals surface area contributed by atoms with Gasteiger partial charge >= 0.3 is 0 Å². The van der Waals surface area contributed by atoms with E-state index in [1.165, 1.54) is 29.5 Å². The van der Waals surface area contributed by atoms with Crippen molar-refractivity contribution in [3.63, 3.8) is 0 Å². The standard InChI is InChI=1S/C15H20N2S/c1-10-6-7-11-12(9-10)18-14(16-11)17-13-5-4-8-15(13,2)3/h6-7,9,13H,4-5,8H2,1-3H3,(H,16,17). The maximum Gasteiger partial charge on any atom is 0.184 e. The van der Waals surface area contributed by atoms with E-state index in [1.54, 1.807) is 11.3 Å². The van der Waals surface area contributed by atoms with Crippen molar-refractivity contribution in [2.45, 2.75) is 46.1 Å². The molecule has 2 aromatic rings. The molecule has 0 bridgehead atoms. The number of rotatable bonds is 2. The molecule has 1 aromatic heterocycles. The Bertz CT molecular complexity index is 571. The minimum absolute atomic E-state index is 0.397. The number of anilines is 1. The van der Waals surface area contributed by atoms with Crippen LogP contribution in [0.3, 0.4) is 0 Å². The number of hydrogen-bond donors (Lipinski definition) is 1. The molecule has 3 rings (SSSR count). The zero-order valence-electron chi connectivity index (χ0n) is 11.3. The molecular weight excluding hydrogens is 240 g/mol. The second kappa shape index (κ2) is 4.23. The van der Waals surface area contributed by atoms with Crippen LogP contribution in [0.2, 0.25) is 0 Å². The van der Waals surface area contributed by atoms with E-state index in [1.807, 2.05) is 0 Å². The third-order valence-corrected chi connectivity index (χ3v) is 5.05. The highest BCUT2D eigenvalue weighted by molar-refractivity contribution is 7.22. The topological polar surface area (TPSA) is 24.9 Å². The predicted octanol–water partition coefficient (Wildman–Crippen LogP) is 4.60. The number of fused-ring (bicyclic) bond motifs is 1. The normalized spacial score (nSPS) is 22.5. The van der Waals surface area contributed by atoms with Crippen LogP contribution in [0.1, 0.15) is 38.7 Å². The minimum atomic E-state index is 0.397. The van der Waals surface area contributed by atoms with Crippen LogP contribution >= 0.6 is 11.3 Å². The summed E-state index contributed by atoms with van der Waals surface area (Å²) in [5, 5.41) is 4.73. The highest BCUT2D eigenvalue weighted by Crippen LogP contribution is 2.40. The summed E-state index contributed by atoms with van der Waals surface area (Å²) in [5.41, 5.74) is 2.82. The van der Waals surface area contributed by atoms with Crippen molar-refractivity contribution in [2.24, 2.45) is 5.41 Å². The van der Waals surface area contributed by atoms with E-state index >= 15 is 0 Å². The molecular formula is C15H20N2S. The van der Waals surface area contributed by atoms with Crippen molar-refractivity contribution in [3.8, 4) is 0 Å². The lowest BCUT2D eigenvalue weighted by molar-refractivity contribution is 0.350. The summed E-state index contributed by atoms with van der Waals surface area (Å²) in [7, 11) is 0. The molecule has 0 amide bonds. The predicted molar refractivity (Wildman–Crippen MR) is 79.4 cm³/mol.